The summed E-state index contributed by atoms with van der Waals surface area (Å²) >= 11 is 0. The zero-order valence-corrected chi connectivity index (χ0v) is 11.5. The molecule has 6 nitrogen and oxygen atoms in total. The summed E-state index contributed by atoms with van der Waals surface area (Å²) in [6, 6.07) is 0. The molecule has 2 N–H and O–H groups in total. The van der Waals surface area contributed by atoms with E-state index in [9.17, 15) is 9.59 Å². The molecule has 0 unspecified atom stereocenters. The SMILES string of the molecule is CCc1cnc(CNC(=O)CC(C)(C)CC(=O)O)o1. The van der Waals surface area contributed by atoms with E-state index in [1.165, 1.54) is 0 Å². The highest BCUT2D eigenvalue weighted by molar-refractivity contribution is 5.77. The van der Waals surface area contributed by atoms with Gasteiger partial charge in [-0.1, -0.05) is 20.8 Å². The van der Waals surface area contributed by atoms with E-state index in [0.717, 1.165) is 12.2 Å². The number of carbonyl (C=O) groups is 2. The Morgan fingerprint density at radius 1 is 1.42 bits per heavy atom. The number of carboxylic acid groups (broad SMARTS) is 1. The lowest BCUT2D eigenvalue weighted by molar-refractivity contribution is -0.139. The number of carboxylic acids is 1. The summed E-state index contributed by atoms with van der Waals surface area (Å²) in [5.74, 6) is 0.122. The Morgan fingerprint density at radius 3 is 2.63 bits per heavy atom. The molecule has 0 aliphatic heterocycles. The first-order valence-corrected chi connectivity index (χ1v) is 6.24. The van der Waals surface area contributed by atoms with E-state index >= 15 is 0 Å². The predicted molar refractivity (Wildman–Crippen MR) is 68.4 cm³/mol. The molecule has 0 aliphatic rings. The van der Waals surface area contributed by atoms with Crippen molar-refractivity contribution in [2.24, 2.45) is 5.41 Å². The van der Waals surface area contributed by atoms with Gasteiger partial charge in [0.1, 0.15) is 5.76 Å². The summed E-state index contributed by atoms with van der Waals surface area (Å²) in [5, 5.41) is 11.4. The van der Waals surface area contributed by atoms with E-state index in [2.05, 4.69) is 10.3 Å². The van der Waals surface area contributed by atoms with Crippen molar-refractivity contribution >= 4 is 11.9 Å². The standard InChI is InChI=1S/C13H20N2O4/c1-4-9-7-15-11(19-9)8-14-10(16)5-13(2,3)6-12(17)18/h7H,4-6,8H2,1-3H3,(H,14,16)(H,17,18). The van der Waals surface area contributed by atoms with Crippen molar-refractivity contribution in [3.05, 3.63) is 17.8 Å². The Hall–Kier alpha value is -1.85. The molecule has 0 aromatic carbocycles. The molecule has 6 heteroatoms. The van der Waals surface area contributed by atoms with Gasteiger partial charge in [0.15, 0.2) is 0 Å². The van der Waals surface area contributed by atoms with Gasteiger partial charge in [-0.15, -0.1) is 0 Å². The normalized spacial score (nSPS) is 11.3. The van der Waals surface area contributed by atoms with Crippen LogP contribution in [0.5, 0.6) is 0 Å². The van der Waals surface area contributed by atoms with Gasteiger partial charge in [-0.25, -0.2) is 4.98 Å². The van der Waals surface area contributed by atoms with Crippen LogP contribution in [0.2, 0.25) is 0 Å². The highest BCUT2D eigenvalue weighted by Gasteiger charge is 2.25. The fourth-order valence-corrected chi connectivity index (χ4v) is 1.74. The average Bonchev–Trinajstić information content (AvgIpc) is 2.71. The van der Waals surface area contributed by atoms with Gasteiger partial charge in [0, 0.05) is 12.8 Å². The van der Waals surface area contributed by atoms with Crippen molar-refractivity contribution in [1.82, 2.24) is 10.3 Å². The van der Waals surface area contributed by atoms with Crippen LogP contribution in [-0.4, -0.2) is 22.0 Å². The van der Waals surface area contributed by atoms with E-state index in [1.54, 1.807) is 20.0 Å². The van der Waals surface area contributed by atoms with Gasteiger partial charge in [-0.3, -0.25) is 9.59 Å². The smallest absolute Gasteiger partial charge is 0.303 e. The van der Waals surface area contributed by atoms with Crippen LogP contribution >= 0.6 is 0 Å². The first-order valence-electron chi connectivity index (χ1n) is 6.24. The summed E-state index contributed by atoms with van der Waals surface area (Å²) in [4.78, 5) is 26.4. The quantitative estimate of drug-likeness (QED) is 0.785. The van der Waals surface area contributed by atoms with Gasteiger partial charge >= 0.3 is 5.97 Å². The van der Waals surface area contributed by atoms with Gasteiger partial charge in [-0.2, -0.15) is 0 Å². The maximum absolute atomic E-state index is 11.7. The summed E-state index contributed by atoms with van der Waals surface area (Å²) < 4.78 is 5.36. The Balaban J connectivity index is 2.41. The second kappa shape index (κ2) is 6.36. The molecule has 0 spiro atoms. The molecule has 0 bridgehead atoms. The van der Waals surface area contributed by atoms with Crippen LogP contribution in [0.15, 0.2) is 10.6 Å². The molecule has 1 heterocycles. The van der Waals surface area contributed by atoms with E-state index in [-0.39, 0.29) is 25.3 Å². The number of amides is 1. The first kappa shape index (κ1) is 15.2. The average molecular weight is 268 g/mol. The second-order valence-corrected chi connectivity index (χ2v) is 5.26. The Labute approximate surface area is 112 Å². The lowest BCUT2D eigenvalue weighted by Gasteiger charge is -2.21. The van der Waals surface area contributed by atoms with Gasteiger partial charge in [0.2, 0.25) is 11.8 Å². The summed E-state index contributed by atoms with van der Waals surface area (Å²) in [6.07, 6.45) is 2.50. The molecule has 0 atom stereocenters. The molecule has 1 aromatic rings. The third kappa shape index (κ3) is 5.54. The summed E-state index contributed by atoms with van der Waals surface area (Å²) in [5.41, 5.74) is -0.568. The lowest BCUT2D eigenvalue weighted by Crippen LogP contribution is -2.29. The van der Waals surface area contributed by atoms with Crippen molar-refractivity contribution in [3.63, 3.8) is 0 Å². The zero-order valence-electron chi connectivity index (χ0n) is 11.5. The predicted octanol–water partition coefficient (Wildman–Crippen LogP) is 1.74. The maximum atomic E-state index is 11.7. The number of aliphatic carboxylic acids is 1. The van der Waals surface area contributed by atoms with Crippen molar-refractivity contribution in [2.45, 2.75) is 46.6 Å². The molecular weight excluding hydrogens is 248 g/mol. The van der Waals surface area contributed by atoms with Crippen molar-refractivity contribution in [3.8, 4) is 0 Å². The summed E-state index contributed by atoms with van der Waals surface area (Å²) in [6.45, 7) is 5.68. The monoisotopic (exact) mass is 268 g/mol. The molecule has 1 rings (SSSR count). The fraction of sp³-hybridized carbons (Fsp3) is 0.615. The van der Waals surface area contributed by atoms with Crippen LogP contribution in [0.3, 0.4) is 0 Å². The molecule has 1 aromatic heterocycles. The molecular formula is C13H20N2O4. The van der Waals surface area contributed by atoms with Crippen LogP contribution in [0, 0.1) is 5.41 Å². The number of rotatable bonds is 7. The largest absolute Gasteiger partial charge is 0.481 e. The lowest BCUT2D eigenvalue weighted by atomic mass is 9.85. The third-order valence-electron chi connectivity index (χ3n) is 2.66. The van der Waals surface area contributed by atoms with Crippen molar-refractivity contribution in [1.29, 1.82) is 0 Å². The molecule has 106 valence electrons. The minimum atomic E-state index is -0.905. The number of nitrogens with zero attached hydrogens (tertiary/aromatic N) is 1. The number of aromatic nitrogens is 1. The Morgan fingerprint density at radius 2 is 2.11 bits per heavy atom. The Bertz CT molecular complexity index is 451. The minimum Gasteiger partial charge on any atom is -0.481 e. The van der Waals surface area contributed by atoms with E-state index in [1.807, 2.05) is 6.92 Å². The third-order valence-corrected chi connectivity index (χ3v) is 2.66. The van der Waals surface area contributed by atoms with E-state index in [4.69, 9.17) is 9.52 Å². The topological polar surface area (TPSA) is 92.4 Å². The number of carbonyl (C=O) groups excluding carboxylic acids is 1. The van der Waals surface area contributed by atoms with Crippen LogP contribution in [0.4, 0.5) is 0 Å². The van der Waals surface area contributed by atoms with Crippen molar-refractivity contribution in [2.75, 3.05) is 0 Å². The van der Waals surface area contributed by atoms with Crippen LogP contribution in [0.1, 0.15) is 45.3 Å². The molecule has 1 amide bonds. The highest BCUT2D eigenvalue weighted by Crippen LogP contribution is 2.24. The molecule has 0 fully saturated rings. The number of aryl methyl sites for hydroxylation is 1. The molecule has 19 heavy (non-hydrogen) atoms. The fourth-order valence-electron chi connectivity index (χ4n) is 1.74. The molecule has 0 saturated carbocycles. The molecule has 0 saturated heterocycles. The van der Waals surface area contributed by atoms with E-state index in [0.29, 0.717) is 5.89 Å². The number of hydrogen-bond acceptors (Lipinski definition) is 4. The molecule has 0 aliphatic carbocycles. The van der Waals surface area contributed by atoms with Gasteiger partial charge in [0.05, 0.1) is 19.2 Å². The number of hydrogen-bond donors (Lipinski definition) is 2. The summed E-state index contributed by atoms with van der Waals surface area (Å²) in [7, 11) is 0. The van der Waals surface area contributed by atoms with Gasteiger partial charge < -0.3 is 14.8 Å². The van der Waals surface area contributed by atoms with Crippen LogP contribution in [-0.2, 0) is 22.6 Å². The highest BCUT2D eigenvalue weighted by atomic mass is 16.4. The van der Waals surface area contributed by atoms with Gasteiger partial charge in [0.25, 0.3) is 0 Å². The second-order valence-electron chi connectivity index (χ2n) is 5.26. The Kier molecular flexibility index (Phi) is 5.09. The minimum absolute atomic E-state index is 0.0423. The number of nitrogens with one attached hydrogen (secondary N) is 1. The van der Waals surface area contributed by atoms with Crippen molar-refractivity contribution < 1.29 is 19.1 Å². The molecule has 0 radical (unpaired) electrons. The zero-order chi connectivity index (χ0) is 14.5. The first-order chi connectivity index (χ1) is 8.82. The number of oxazole rings is 1. The van der Waals surface area contributed by atoms with E-state index < -0.39 is 11.4 Å². The van der Waals surface area contributed by atoms with Gasteiger partial charge in [-0.05, 0) is 5.41 Å². The maximum Gasteiger partial charge on any atom is 0.303 e. The van der Waals surface area contributed by atoms with Crippen LogP contribution < -0.4 is 5.32 Å². The van der Waals surface area contributed by atoms with Crippen LogP contribution in [0.25, 0.3) is 0 Å².